The average molecular weight is 264 g/mol. The van der Waals surface area contributed by atoms with Crippen molar-refractivity contribution < 1.29 is 9.90 Å². The van der Waals surface area contributed by atoms with Crippen LogP contribution in [0.4, 0.5) is 0 Å². The number of nitrogens with zero attached hydrogens (tertiary/aromatic N) is 1. The Bertz CT molecular complexity index is 202. The number of unbranched alkanes of at least 4 members (excludes halogenated alkanes) is 1. The van der Waals surface area contributed by atoms with E-state index in [-0.39, 0.29) is 5.91 Å². The lowest BCUT2D eigenvalue weighted by molar-refractivity contribution is -0.155. The van der Waals surface area contributed by atoms with Crippen molar-refractivity contribution in [2.24, 2.45) is 0 Å². The predicted molar refractivity (Wildman–Crippen MR) is 59.5 cm³/mol. The van der Waals surface area contributed by atoms with Gasteiger partial charge in [-0.2, -0.15) is 0 Å². The average Bonchev–Trinajstić information content (AvgIpc) is 2.13. The number of rotatable bonds is 5. The molecular weight excluding hydrogens is 246 g/mol. The van der Waals surface area contributed by atoms with E-state index in [1.54, 1.807) is 4.90 Å². The maximum Gasteiger partial charge on any atom is 0.222 e. The summed E-state index contributed by atoms with van der Waals surface area (Å²) in [5, 5.41) is 10.7. The van der Waals surface area contributed by atoms with Crippen LogP contribution in [0.5, 0.6) is 0 Å². The molecule has 0 unspecified atom stereocenters. The van der Waals surface area contributed by atoms with Crippen LogP contribution in [0.1, 0.15) is 32.6 Å². The van der Waals surface area contributed by atoms with E-state index < -0.39 is 5.60 Å². The summed E-state index contributed by atoms with van der Waals surface area (Å²) in [6, 6.07) is 0. The highest BCUT2D eigenvalue weighted by molar-refractivity contribution is 9.09. The third-order valence-corrected chi connectivity index (χ3v) is 3.32. The zero-order valence-corrected chi connectivity index (χ0v) is 10.2. The van der Waals surface area contributed by atoms with Gasteiger partial charge in [0.25, 0.3) is 0 Å². The third-order valence-electron chi connectivity index (χ3n) is 2.76. The molecule has 1 heterocycles. The Morgan fingerprint density at radius 1 is 1.50 bits per heavy atom. The Balaban J connectivity index is 2.16. The Morgan fingerprint density at radius 3 is 2.64 bits per heavy atom. The number of alkyl halides is 1. The number of carbonyl (C=O) groups excluding carboxylic acids is 1. The SMILES string of the molecule is CCC1(O)CN(C(=O)CCCCBr)C1. The Hall–Kier alpha value is -0.0900. The van der Waals surface area contributed by atoms with Gasteiger partial charge in [0.2, 0.25) is 5.91 Å². The summed E-state index contributed by atoms with van der Waals surface area (Å²) in [6.45, 7) is 3.00. The fraction of sp³-hybridized carbons (Fsp3) is 0.900. The summed E-state index contributed by atoms with van der Waals surface area (Å²) in [4.78, 5) is 13.3. The number of halogens is 1. The van der Waals surface area contributed by atoms with E-state index >= 15 is 0 Å². The van der Waals surface area contributed by atoms with Gasteiger partial charge in [-0.1, -0.05) is 22.9 Å². The Labute approximate surface area is 93.6 Å². The van der Waals surface area contributed by atoms with Crippen molar-refractivity contribution in [3.8, 4) is 0 Å². The van der Waals surface area contributed by atoms with E-state index in [9.17, 15) is 9.90 Å². The van der Waals surface area contributed by atoms with Crippen LogP contribution in [-0.4, -0.2) is 39.9 Å². The van der Waals surface area contributed by atoms with E-state index in [2.05, 4.69) is 15.9 Å². The lowest BCUT2D eigenvalue weighted by Gasteiger charge is -2.46. The lowest BCUT2D eigenvalue weighted by atomic mass is 9.91. The van der Waals surface area contributed by atoms with Crippen molar-refractivity contribution in [2.45, 2.75) is 38.2 Å². The van der Waals surface area contributed by atoms with Crippen LogP contribution in [0.25, 0.3) is 0 Å². The molecule has 1 N–H and O–H groups in total. The molecule has 1 amide bonds. The van der Waals surface area contributed by atoms with Crippen LogP contribution < -0.4 is 0 Å². The smallest absolute Gasteiger partial charge is 0.222 e. The van der Waals surface area contributed by atoms with E-state index in [0.717, 1.165) is 24.6 Å². The van der Waals surface area contributed by atoms with Crippen molar-refractivity contribution in [3.05, 3.63) is 0 Å². The monoisotopic (exact) mass is 263 g/mol. The minimum Gasteiger partial charge on any atom is -0.386 e. The molecule has 0 atom stereocenters. The first-order valence-electron chi connectivity index (χ1n) is 5.17. The van der Waals surface area contributed by atoms with E-state index in [1.807, 2.05) is 6.92 Å². The maximum atomic E-state index is 11.5. The molecule has 0 aromatic heterocycles. The molecule has 4 heteroatoms. The molecule has 1 rings (SSSR count). The minimum absolute atomic E-state index is 0.184. The van der Waals surface area contributed by atoms with Gasteiger partial charge in [0.15, 0.2) is 0 Å². The Morgan fingerprint density at radius 2 is 2.14 bits per heavy atom. The summed E-state index contributed by atoms with van der Waals surface area (Å²) < 4.78 is 0. The molecule has 0 aliphatic carbocycles. The number of aliphatic hydroxyl groups is 1. The molecule has 0 aromatic rings. The first-order valence-corrected chi connectivity index (χ1v) is 6.29. The van der Waals surface area contributed by atoms with Crippen molar-refractivity contribution in [1.82, 2.24) is 4.90 Å². The van der Waals surface area contributed by atoms with Crippen molar-refractivity contribution in [1.29, 1.82) is 0 Å². The molecular formula is C10H18BrNO2. The zero-order valence-electron chi connectivity index (χ0n) is 8.63. The second-order valence-electron chi connectivity index (χ2n) is 3.97. The molecule has 82 valence electrons. The summed E-state index contributed by atoms with van der Waals surface area (Å²) >= 11 is 3.33. The van der Waals surface area contributed by atoms with Crippen molar-refractivity contribution >= 4 is 21.8 Å². The molecule has 0 spiro atoms. The second kappa shape index (κ2) is 5.12. The first-order chi connectivity index (χ1) is 6.61. The number of likely N-dealkylation sites (tertiary alicyclic amines) is 1. The fourth-order valence-corrected chi connectivity index (χ4v) is 1.99. The van der Waals surface area contributed by atoms with Gasteiger partial charge in [0.1, 0.15) is 0 Å². The van der Waals surface area contributed by atoms with Gasteiger partial charge in [-0.05, 0) is 19.3 Å². The quantitative estimate of drug-likeness (QED) is 0.604. The van der Waals surface area contributed by atoms with Gasteiger partial charge in [0, 0.05) is 11.8 Å². The number of hydrogen-bond donors (Lipinski definition) is 1. The van der Waals surface area contributed by atoms with E-state index in [4.69, 9.17) is 0 Å². The van der Waals surface area contributed by atoms with Gasteiger partial charge >= 0.3 is 0 Å². The highest BCUT2D eigenvalue weighted by Gasteiger charge is 2.41. The topological polar surface area (TPSA) is 40.5 Å². The highest BCUT2D eigenvalue weighted by atomic mass is 79.9. The zero-order chi connectivity index (χ0) is 10.6. The molecule has 1 aliphatic rings. The van der Waals surface area contributed by atoms with E-state index in [1.165, 1.54) is 0 Å². The summed E-state index contributed by atoms with van der Waals surface area (Å²) in [5.41, 5.74) is -0.592. The van der Waals surface area contributed by atoms with Crippen LogP contribution >= 0.6 is 15.9 Å². The second-order valence-corrected chi connectivity index (χ2v) is 4.77. The van der Waals surface area contributed by atoms with Gasteiger partial charge < -0.3 is 10.0 Å². The molecule has 0 radical (unpaired) electrons. The third kappa shape index (κ3) is 2.95. The Kier molecular flexibility index (Phi) is 4.38. The molecule has 0 saturated carbocycles. The van der Waals surface area contributed by atoms with Crippen LogP contribution in [0.3, 0.4) is 0 Å². The van der Waals surface area contributed by atoms with Gasteiger partial charge in [-0.15, -0.1) is 0 Å². The molecule has 0 bridgehead atoms. The standard InChI is InChI=1S/C10H18BrNO2/c1-2-10(14)7-12(8-10)9(13)5-3-4-6-11/h14H,2-8H2,1H3. The fourth-order valence-electron chi connectivity index (χ4n) is 1.59. The summed E-state index contributed by atoms with van der Waals surface area (Å²) in [6.07, 6.45) is 3.33. The van der Waals surface area contributed by atoms with E-state index in [0.29, 0.717) is 19.5 Å². The van der Waals surface area contributed by atoms with Crippen molar-refractivity contribution in [3.63, 3.8) is 0 Å². The molecule has 0 aromatic carbocycles. The van der Waals surface area contributed by atoms with Gasteiger partial charge in [-0.25, -0.2) is 0 Å². The maximum absolute atomic E-state index is 11.5. The summed E-state index contributed by atoms with van der Waals surface area (Å²) in [5.74, 6) is 0.184. The molecule has 14 heavy (non-hydrogen) atoms. The summed E-state index contributed by atoms with van der Waals surface area (Å²) in [7, 11) is 0. The van der Waals surface area contributed by atoms with Gasteiger partial charge in [0.05, 0.1) is 18.7 Å². The number of β-amino-alcohol motifs (C(OH)–C–C–N with tert-alkyl or cyclic N) is 1. The molecule has 1 fully saturated rings. The minimum atomic E-state index is -0.592. The normalized spacial score (nSPS) is 19.2. The van der Waals surface area contributed by atoms with Crippen LogP contribution in [-0.2, 0) is 4.79 Å². The molecule has 3 nitrogen and oxygen atoms in total. The first kappa shape index (κ1) is 12.0. The predicted octanol–water partition coefficient (Wildman–Crippen LogP) is 1.53. The largest absolute Gasteiger partial charge is 0.386 e. The molecule has 1 saturated heterocycles. The van der Waals surface area contributed by atoms with Gasteiger partial charge in [-0.3, -0.25) is 4.79 Å². The van der Waals surface area contributed by atoms with Crippen LogP contribution in [0.15, 0.2) is 0 Å². The van der Waals surface area contributed by atoms with Crippen LogP contribution in [0, 0.1) is 0 Å². The van der Waals surface area contributed by atoms with Crippen LogP contribution in [0.2, 0.25) is 0 Å². The lowest BCUT2D eigenvalue weighted by Crippen LogP contribution is -2.63. The number of carbonyl (C=O) groups is 1. The highest BCUT2D eigenvalue weighted by Crippen LogP contribution is 2.24. The number of hydrogen-bond acceptors (Lipinski definition) is 2. The number of amides is 1. The molecule has 1 aliphatic heterocycles. The van der Waals surface area contributed by atoms with Crippen molar-refractivity contribution in [2.75, 3.05) is 18.4 Å².